The second-order valence-corrected chi connectivity index (χ2v) is 4.13. The lowest BCUT2D eigenvalue weighted by atomic mass is 10.1. The van der Waals surface area contributed by atoms with Gasteiger partial charge in [-0.25, -0.2) is 0 Å². The van der Waals surface area contributed by atoms with Crippen LogP contribution in [0.5, 0.6) is 0 Å². The number of rotatable bonds is 3. The number of allylic oxidation sites excluding steroid dienone is 8. The summed E-state index contributed by atoms with van der Waals surface area (Å²) in [6, 6.07) is 0. The van der Waals surface area contributed by atoms with E-state index < -0.39 is 0 Å². The van der Waals surface area contributed by atoms with Gasteiger partial charge >= 0.3 is 0 Å². The summed E-state index contributed by atoms with van der Waals surface area (Å²) in [4.78, 5) is 10.3. The molecule has 0 N–H and O–H groups in total. The van der Waals surface area contributed by atoms with Gasteiger partial charge in [-0.05, 0) is 36.7 Å². The van der Waals surface area contributed by atoms with E-state index in [4.69, 9.17) is 4.74 Å². The van der Waals surface area contributed by atoms with E-state index in [1.54, 1.807) is 6.08 Å². The Morgan fingerprint density at radius 1 is 1.00 bits per heavy atom. The molecule has 0 saturated carbocycles. The van der Waals surface area contributed by atoms with E-state index in [-0.39, 0.29) is 0 Å². The molecule has 16 heavy (non-hydrogen) atoms. The van der Waals surface area contributed by atoms with Gasteiger partial charge in [0.1, 0.15) is 11.5 Å². The summed E-state index contributed by atoms with van der Waals surface area (Å²) in [5.41, 5.74) is 1.98. The average molecular weight is 217 g/mol. The Morgan fingerprint density at radius 2 is 1.69 bits per heavy atom. The first-order valence-corrected chi connectivity index (χ1v) is 5.55. The van der Waals surface area contributed by atoms with Gasteiger partial charge in [-0.3, -0.25) is 0 Å². The monoisotopic (exact) mass is 217 g/mol. The van der Waals surface area contributed by atoms with Gasteiger partial charge in [0.15, 0.2) is 0 Å². The van der Waals surface area contributed by atoms with E-state index in [0.717, 1.165) is 30.8 Å². The van der Waals surface area contributed by atoms with Crippen LogP contribution in [0.15, 0.2) is 52.3 Å². The number of hydrogen-bond donors (Lipinski definition) is 0. The van der Waals surface area contributed by atoms with Gasteiger partial charge in [0.25, 0.3) is 0 Å². The smallest absolute Gasteiger partial charge is 0.104 e. The predicted octanol–water partition coefficient (Wildman–Crippen LogP) is 3.96. The molecule has 0 amide bonds. The minimum absolute atomic E-state index is 0.598. The molecular formula is C13H15NO2. The Morgan fingerprint density at radius 3 is 2.19 bits per heavy atom. The maximum Gasteiger partial charge on any atom is 0.104 e. The first kappa shape index (κ1) is 10.9. The van der Waals surface area contributed by atoms with Gasteiger partial charge in [0, 0.05) is 19.3 Å². The Hall–Kier alpha value is -1.64. The van der Waals surface area contributed by atoms with Gasteiger partial charge in [0.2, 0.25) is 0 Å². The number of ether oxygens (including phenoxy) is 1. The van der Waals surface area contributed by atoms with Crippen LogP contribution in [0.25, 0.3) is 0 Å². The van der Waals surface area contributed by atoms with Crippen molar-refractivity contribution in [2.45, 2.75) is 32.6 Å². The summed E-state index contributed by atoms with van der Waals surface area (Å²) in [7, 11) is 0. The molecule has 0 spiro atoms. The first-order chi connectivity index (χ1) is 7.78. The molecule has 0 bridgehead atoms. The van der Waals surface area contributed by atoms with Crippen molar-refractivity contribution in [2.24, 2.45) is 5.18 Å². The minimum Gasteiger partial charge on any atom is -0.466 e. The molecule has 84 valence electrons. The van der Waals surface area contributed by atoms with Crippen LogP contribution < -0.4 is 0 Å². The molecule has 3 heteroatoms. The zero-order valence-corrected chi connectivity index (χ0v) is 9.40. The zero-order valence-electron chi connectivity index (χ0n) is 9.40. The molecule has 0 aromatic rings. The van der Waals surface area contributed by atoms with Gasteiger partial charge in [-0.15, -0.1) is 4.91 Å². The van der Waals surface area contributed by atoms with Crippen molar-refractivity contribution < 1.29 is 4.74 Å². The number of nitrogens with zero attached hydrogens (tertiary/aromatic N) is 1. The molecule has 0 aromatic heterocycles. The summed E-state index contributed by atoms with van der Waals surface area (Å²) in [5, 5.41) is 2.93. The molecule has 0 unspecified atom stereocenters. The molecule has 0 radical (unpaired) electrons. The van der Waals surface area contributed by atoms with Crippen molar-refractivity contribution in [1.29, 1.82) is 0 Å². The van der Waals surface area contributed by atoms with E-state index in [9.17, 15) is 4.91 Å². The standard InChI is InChI=1S/C13H15NO2/c1-10-2-6-12(7-3-10)16-13-8-4-11(14-15)5-9-13/h2,4,6,8H,3,5,7,9H2,1H3. The fourth-order valence-electron chi connectivity index (χ4n) is 1.74. The van der Waals surface area contributed by atoms with Crippen molar-refractivity contribution >= 4 is 0 Å². The Balaban J connectivity index is 1.99. The van der Waals surface area contributed by atoms with Crippen LogP contribution in [0, 0.1) is 4.91 Å². The summed E-state index contributed by atoms with van der Waals surface area (Å²) >= 11 is 0. The van der Waals surface area contributed by atoms with E-state index in [1.165, 1.54) is 5.57 Å². The third kappa shape index (κ3) is 2.69. The molecule has 2 aliphatic rings. The summed E-state index contributed by atoms with van der Waals surface area (Å²) < 4.78 is 5.76. The maximum absolute atomic E-state index is 10.3. The Kier molecular flexibility index (Phi) is 3.34. The van der Waals surface area contributed by atoms with Crippen molar-refractivity contribution in [3.05, 3.63) is 52.0 Å². The first-order valence-electron chi connectivity index (χ1n) is 5.55. The van der Waals surface area contributed by atoms with Crippen LogP contribution in [0.3, 0.4) is 0 Å². The lowest BCUT2D eigenvalue weighted by molar-refractivity contribution is 0.274. The molecule has 0 fully saturated rings. The number of nitroso groups, excluding NO2 is 1. The second-order valence-electron chi connectivity index (χ2n) is 4.13. The fourth-order valence-corrected chi connectivity index (χ4v) is 1.74. The van der Waals surface area contributed by atoms with Gasteiger partial charge in [0.05, 0.1) is 5.70 Å². The predicted molar refractivity (Wildman–Crippen MR) is 63.4 cm³/mol. The highest BCUT2D eigenvalue weighted by molar-refractivity contribution is 5.24. The van der Waals surface area contributed by atoms with Crippen LogP contribution in [-0.4, -0.2) is 0 Å². The van der Waals surface area contributed by atoms with Crippen LogP contribution in [0.1, 0.15) is 32.6 Å². The lowest BCUT2D eigenvalue weighted by Gasteiger charge is -2.17. The third-order valence-electron chi connectivity index (χ3n) is 2.79. The van der Waals surface area contributed by atoms with E-state index in [2.05, 4.69) is 18.2 Å². The maximum atomic E-state index is 10.3. The largest absolute Gasteiger partial charge is 0.466 e. The van der Waals surface area contributed by atoms with E-state index >= 15 is 0 Å². The molecular weight excluding hydrogens is 202 g/mol. The SMILES string of the molecule is CC1=CC=C(OC2=CC=C(N=O)CC2)CC1. The second kappa shape index (κ2) is 4.92. The summed E-state index contributed by atoms with van der Waals surface area (Å²) in [6.07, 6.45) is 11.2. The third-order valence-corrected chi connectivity index (χ3v) is 2.79. The minimum atomic E-state index is 0.598. The van der Waals surface area contributed by atoms with Crippen LogP contribution in [0.4, 0.5) is 0 Å². The van der Waals surface area contributed by atoms with E-state index in [0.29, 0.717) is 12.1 Å². The average Bonchev–Trinajstić information content (AvgIpc) is 2.33. The van der Waals surface area contributed by atoms with Crippen molar-refractivity contribution in [1.82, 2.24) is 0 Å². The highest BCUT2D eigenvalue weighted by Gasteiger charge is 2.11. The molecule has 3 nitrogen and oxygen atoms in total. The van der Waals surface area contributed by atoms with Gasteiger partial charge in [-0.1, -0.05) is 11.6 Å². The Labute approximate surface area is 95.2 Å². The van der Waals surface area contributed by atoms with Crippen molar-refractivity contribution in [3.8, 4) is 0 Å². The van der Waals surface area contributed by atoms with Gasteiger partial charge in [-0.2, -0.15) is 0 Å². The molecule has 2 rings (SSSR count). The molecule has 0 saturated heterocycles. The Bertz CT molecular complexity index is 414. The molecule has 2 aliphatic carbocycles. The van der Waals surface area contributed by atoms with Crippen LogP contribution in [-0.2, 0) is 4.74 Å². The fraction of sp³-hybridized carbons (Fsp3) is 0.385. The normalized spacial score (nSPS) is 20.3. The summed E-state index contributed by atoms with van der Waals surface area (Å²) in [6.45, 7) is 2.12. The highest BCUT2D eigenvalue weighted by atomic mass is 16.5. The van der Waals surface area contributed by atoms with Crippen molar-refractivity contribution in [2.75, 3.05) is 0 Å². The molecule has 0 atom stereocenters. The number of hydrogen-bond acceptors (Lipinski definition) is 3. The lowest BCUT2D eigenvalue weighted by Crippen LogP contribution is -2.00. The molecule has 0 aliphatic heterocycles. The van der Waals surface area contributed by atoms with Crippen molar-refractivity contribution in [3.63, 3.8) is 0 Å². The van der Waals surface area contributed by atoms with E-state index in [1.807, 2.05) is 12.2 Å². The quantitative estimate of drug-likeness (QED) is 0.671. The van der Waals surface area contributed by atoms with Gasteiger partial charge < -0.3 is 4.74 Å². The molecule has 0 aromatic carbocycles. The summed E-state index contributed by atoms with van der Waals surface area (Å²) in [5.74, 6) is 1.93. The van der Waals surface area contributed by atoms with Crippen LogP contribution >= 0.6 is 0 Å². The molecule has 0 heterocycles. The zero-order chi connectivity index (χ0) is 11.4. The highest BCUT2D eigenvalue weighted by Crippen LogP contribution is 2.26. The van der Waals surface area contributed by atoms with Crippen LogP contribution in [0.2, 0.25) is 0 Å². The topological polar surface area (TPSA) is 38.7 Å².